The maximum atomic E-state index is 12.1. The topological polar surface area (TPSA) is 77.5 Å². The Bertz CT molecular complexity index is 1140. The number of hydrogen-bond donors (Lipinski definition) is 3. The van der Waals surface area contributed by atoms with E-state index in [4.69, 9.17) is 0 Å². The highest BCUT2D eigenvalue weighted by molar-refractivity contribution is 6.02. The number of hydrogen-bond acceptors (Lipinski definition) is 3. The van der Waals surface area contributed by atoms with E-state index in [9.17, 15) is 9.90 Å². The number of aromatic hydroxyl groups is 1. The van der Waals surface area contributed by atoms with E-state index >= 15 is 0 Å². The second-order valence-corrected chi connectivity index (χ2v) is 6.37. The highest BCUT2D eigenvalue weighted by Gasteiger charge is 2.07. The minimum atomic E-state index is -0.170. The number of carbonyl (C=O) groups is 1. The van der Waals surface area contributed by atoms with Crippen LogP contribution in [0.3, 0.4) is 0 Å². The van der Waals surface area contributed by atoms with E-state index in [1.165, 1.54) is 6.21 Å². The van der Waals surface area contributed by atoms with Gasteiger partial charge in [-0.05, 0) is 34.9 Å². The van der Waals surface area contributed by atoms with Gasteiger partial charge in [-0.2, -0.15) is 5.10 Å². The van der Waals surface area contributed by atoms with Crippen LogP contribution in [-0.4, -0.2) is 22.2 Å². The number of aromatic amines is 1. The van der Waals surface area contributed by atoms with Crippen molar-refractivity contribution in [2.24, 2.45) is 5.10 Å². The third-order valence-electron chi connectivity index (χ3n) is 4.63. The van der Waals surface area contributed by atoms with E-state index in [-0.39, 0.29) is 11.7 Å². The van der Waals surface area contributed by atoms with Gasteiger partial charge in [0, 0.05) is 29.1 Å². The maximum absolute atomic E-state index is 12.1. The van der Waals surface area contributed by atoms with Gasteiger partial charge in [-0.25, -0.2) is 5.43 Å². The first-order valence-corrected chi connectivity index (χ1v) is 8.80. The Kier molecular flexibility index (Phi) is 4.58. The standard InChI is InChI=1S/C22H19N3O2/c26-21-11-9-15-5-1-2-6-17(15)19(21)14-24-25-22(27)12-10-16-13-23-20-8-4-3-7-18(16)20/h1-9,11,13-14,23,26H,10,12H2,(H,25,27)/b24-14+. The number of phenols is 1. The molecule has 1 amide bonds. The molecule has 0 radical (unpaired) electrons. The number of para-hydroxylation sites is 1. The summed E-state index contributed by atoms with van der Waals surface area (Å²) in [6.07, 6.45) is 4.39. The van der Waals surface area contributed by atoms with Gasteiger partial charge in [-0.15, -0.1) is 0 Å². The molecule has 27 heavy (non-hydrogen) atoms. The molecule has 134 valence electrons. The lowest BCUT2D eigenvalue weighted by atomic mass is 10.0. The summed E-state index contributed by atoms with van der Waals surface area (Å²) in [5.74, 6) is -0.0400. The number of H-pyrrole nitrogens is 1. The summed E-state index contributed by atoms with van der Waals surface area (Å²) >= 11 is 0. The highest BCUT2D eigenvalue weighted by atomic mass is 16.3. The van der Waals surface area contributed by atoms with Crippen molar-refractivity contribution in [2.75, 3.05) is 0 Å². The molecular formula is C22H19N3O2. The first-order chi connectivity index (χ1) is 13.2. The van der Waals surface area contributed by atoms with E-state index in [2.05, 4.69) is 15.5 Å². The van der Waals surface area contributed by atoms with Gasteiger partial charge in [-0.1, -0.05) is 48.5 Å². The Balaban J connectivity index is 1.42. The molecule has 0 saturated heterocycles. The van der Waals surface area contributed by atoms with Crippen LogP contribution < -0.4 is 5.43 Å². The third-order valence-corrected chi connectivity index (χ3v) is 4.63. The summed E-state index contributed by atoms with van der Waals surface area (Å²) in [7, 11) is 0. The van der Waals surface area contributed by atoms with Crippen molar-refractivity contribution in [2.45, 2.75) is 12.8 Å². The summed E-state index contributed by atoms with van der Waals surface area (Å²) in [4.78, 5) is 15.3. The van der Waals surface area contributed by atoms with Gasteiger partial charge in [0.25, 0.3) is 0 Å². The molecule has 0 aliphatic rings. The predicted octanol–water partition coefficient (Wildman–Crippen LogP) is 4.11. The second-order valence-electron chi connectivity index (χ2n) is 6.37. The van der Waals surface area contributed by atoms with Gasteiger partial charge >= 0.3 is 0 Å². The number of nitrogens with one attached hydrogen (secondary N) is 2. The van der Waals surface area contributed by atoms with Crippen LogP contribution in [0.1, 0.15) is 17.5 Å². The molecule has 5 nitrogen and oxygen atoms in total. The number of rotatable bonds is 5. The summed E-state index contributed by atoms with van der Waals surface area (Å²) in [6, 6.07) is 19.2. The van der Waals surface area contributed by atoms with Crippen molar-refractivity contribution in [3.05, 3.63) is 78.0 Å². The van der Waals surface area contributed by atoms with E-state index in [0.717, 1.165) is 27.2 Å². The van der Waals surface area contributed by atoms with Crippen LogP contribution in [0.5, 0.6) is 5.75 Å². The van der Waals surface area contributed by atoms with Crippen LogP contribution in [0.4, 0.5) is 0 Å². The van der Waals surface area contributed by atoms with E-state index in [1.807, 2.05) is 60.8 Å². The quantitative estimate of drug-likeness (QED) is 0.371. The molecule has 3 N–H and O–H groups in total. The lowest BCUT2D eigenvalue weighted by Crippen LogP contribution is -2.17. The summed E-state index contributed by atoms with van der Waals surface area (Å²) in [5.41, 5.74) is 5.31. The molecule has 1 aromatic heterocycles. The first-order valence-electron chi connectivity index (χ1n) is 8.80. The Morgan fingerprint density at radius 3 is 2.70 bits per heavy atom. The maximum Gasteiger partial charge on any atom is 0.240 e. The van der Waals surface area contributed by atoms with Gasteiger partial charge in [-0.3, -0.25) is 4.79 Å². The molecule has 0 unspecified atom stereocenters. The van der Waals surface area contributed by atoms with E-state index in [0.29, 0.717) is 18.4 Å². The van der Waals surface area contributed by atoms with Crippen molar-refractivity contribution in [3.8, 4) is 5.75 Å². The van der Waals surface area contributed by atoms with Crippen molar-refractivity contribution in [1.29, 1.82) is 0 Å². The smallest absolute Gasteiger partial charge is 0.240 e. The monoisotopic (exact) mass is 357 g/mol. The van der Waals surface area contributed by atoms with Crippen LogP contribution in [0, 0.1) is 0 Å². The molecular weight excluding hydrogens is 338 g/mol. The SMILES string of the molecule is O=C(CCc1c[nH]c2ccccc12)N/N=C/c1c(O)ccc2ccccc12. The van der Waals surface area contributed by atoms with Crippen molar-refractivity contribution in [3.63, 3.8) is 0 Å². The number of aryl methyl sites for hydroxylation is 1. The lowest BCUT2D eigenvalue weighted by molar-refractivity contribution is -0.121. The van der Waals surface area contributed by atoms with Crippen molar-refractivity contribution < 1.29 is 9.90 Å². The number of amides is 1. The zero-order chi connectivity index (χ0) is 18.6. The van der Waals surface area contributed by atoms with Gasteiger partial charge in [0.05, 0.1) is 6.21 Å². The molecule has 3 aromatic carbocycles. The van der Waals surface area contributed by atoms with Gasteiger partial charge < -0.3 is 10.1 Å². The molecule has 4 rings (SSSR count). The number of nitrogens with zero attached hydrogens (tertiary/aromatic N) is 1. The second kappa shape index (κ2) is 7.33. The molecule has 0 bridgehead atoms. The minimum absolute atomic E-state index is 0.130. The minimum Gasteiger partial charge on any atom is -0.507 e. The Hall–Kier alpha value is -3.60. The molecule has 0 atom stereocenters. The summed E-state index contributed by atoms with van der Waals surface area (Å²) < 4.78 is 0. The summed E-state index contributed by atoms with van der Waals surface area (Å²) in [5, 5.41) is 17.1. The zero-order valence-corrected chi connectivity index (χ0v) is 14.6. The summed E-state index contributed by atoms with van der Waals surface area (Å²) in [6.45, 7) is 0. The average molecular weight is 357 g/mol. The molecule has 0 saturated carbocycles. The van der Waals surface area contributed by atoms with Gasteiger partial charge in [0.2, 0.25) is 5.91 Å². The van der Waals surface area contributed by atoms with Crippen LogP contribution in [0.2, 0.25) is 0 Å². The van der Waals surface area contributed by atoms with Crippen molar-refractivity contribution in [1.82, 2.24) is 10.4 Å². The predicted molar refractivity (Wildman–Crippen MR) is 108 cm³/mol. The van der Waals surface area contributed by atoms with Gasteiger partial charge in [0.1, 0.15) is 5.75 Å². The molecule has 0 fully saturated rings. The van der Waals surface area contributed by atoms with Crippen LogP contribution >= 0.6 is 0 Å². The fourth-order valence-corrected chi connectivity index (χ4v) is 3.23. The molecule has 5 heteroatoms. The zero-order valence-electron chi connectivity index (χ0n) is 14.6. The largest absolute Gasteiger partial charge is 0.507 e. The number of hydrazone groups is 1. The van der Waals surface area contributed by atoms with Crippen LogP contribution in [0.15, 0.2) is 72.0 Å². The van der Waals surface area contributed by atoms with E-state index < -0.39 is 0 Å². The molecule has 0 aliphatic carbocycles. The lowest BCUT2D eigenvalue weighted by Gasteiger charge is -2.05. The third kappa shape index (κ3) is 3.53. The molecule has 4 aromatic rings. The average Bonchev–Trinajstić information content (AvgIpc) is 3.11. The fraction of sp³-hybridized carbons (Fsp3) is 0.0909. The van der Waals surface area contributed by atoms with Crippen LogP contribution in [0.25, 0.3) is 21.7 Å². The molecule has 1 heterocycles. The molecule has 0 aliphatic heterocycles. The highest BCUT2D eigenvalue weighted by Crippen LogP contribution is 2.25. The normalized spacial score (nSPS) is 11.4. The fourth-order valence-electron chi connectivity index (χ4n) is 3.23. The Labute approximate surface area is 156 Å². The molecule has 0 spiro atoms. The van der Waals surface area contributed by atoms with Crippen molar-refractivity contribution >= 4 is 33.8 Å². The number of aromatic nitrogens is 1. The number of fused-ring (bicyclic) bond motifs is 2. The van der Waals surface area contributed by atoms with Crippen LogP contribution in [-0.2, 0) is 11.2 Å². The first kappa shape index (κ1) is 16.8. The Morgan fingerprint density at radius 1 is 1.04 bits per heavy atom. The number of benzene rings is 3. The Morgan fingerprint density at radius 2 is 1.81 bits per heavy atom. The van der Waals surface area contributed by atoms with E-state index in [1.54, 1.807) is 6.07 Å². The number of phenolic OH excluding ortho intramolecular Hbond substituents is 1. The number of carbonyl (C=O) groups excluding carboxylic acids is 1. The van der Waals surface area contributed by atoms with Gasteiger partial charge in [0.15, 0.2) is 0 Å².